The third kappa shape index (κ3) is 11.6. The largest absolute Gasteiger partial charge is 0.444 e. The normalized spacial score (nSPS) is 19.5. The maximum atomic E-state index is 13.1. The Bertz CT molecular complexity index is 688. The fraction of sp³-hybridized carbons (Fsp3) is 0.885. The summed E-state index contributed by atoms with van der Waals surface area (Å²) < 4.78 is 16.7. The van der Waals surface area contributed by atoms with Crippen molar-refractivity contribution in [1.82, 2.24) is 15.5 Å². The zero-order valence-electron chi connectivity index (χ0n) is 22.6. The second-order valence-electron chi connectivity index (χ2n) is 11.7. The van der Waals surface area contributed by atoms with Gasteiger partial charge >= 0.3 is 6.09 Å². The zero-order valence-corrected chi connectivity index (χ0v) is 22.6. The van der Waals surface area contributed by atoms with E-state index in [2.05, 4.69) is 10.6 Å². The number of ether oxygens (including phenoxy) is 3. The molecule has 2 fully saturated rings. The van der Waals surface area contributed by atoms with Crippen LogP contribution in [-0.2, 0) is 23.8 Å². The predicted molar refractivity (Wildman–Crippen MR) is 134 cm³/mol. The molecule has 0 bridgehead atoms. The Labute approximate surface area is 211 Å². The van der Waals surface area contributed by atoms with Crippen LogP contribution in [0.1, 0.15) is 86.5 Å². The lowest BCUT2D eigenvalue weighted by atomic mass is 9.82. The minimum atomic E-state index is -0.758. The Balaban J connectivity index is 1.99. The lowest BCUT2D eigenvalue weighted by Crippen LogP contribution is -2.54. The average molecular weight is 498 g/mol. The van der Waals surface area contributed by atoms with Gasteiger partial charge in [0.05, 0.1) is 25.4 Å². The first kappa shape index (κ1) is 29.4. The standard InChI is InChI=1S/C26H47N3O6/c1-25(2,3)34-18-21(23(31)29-14-16-33-17-15-29)27-22(30)13-12-20(19-10-8-7-9-11-19)28-24(32)35-26(4,5)6/h19-21H,7-18H2,1-6H3,(H,27,30)(H,28,32)/t20-,21?/m0/s1. The SMILES string of the molecule is CC(C)(C)OCC(NC(=O)CC[C@H](NC(=O)OC(C)(C)C)C1CCCCC1)C(=O)N1CCOCC1. The third-order valence-corrected chi connectivity index (χ3v) is 6.24. The second kappa shape index (κ2) is 13.4. The molecule has 0 aromatic carbocycles. The first-order valence-electron chi connectivity index (χ1n) is 13.1. The summed E-state index contributed by atoms with van der Waals surface area (Å²) in [7, 11) is 0. The predicted octanol–water partition coefficient (Wildman–Crippen LogP) is 3.40. The summed E-state index contributed by atoms with van der Waals surface area (Å²) >= 11 is 0. The van der Waals surface area contributed by atoms with E-state index in [0.717, 1.165) is 25.7 Å². The van der Waals surface area contributed by atoms with Gasteiger partial charge < -0.3 is 29.7 Å². The molecule has 1 heterocycles. The Morgan fingerprint density at radius 2 is 1.57 bits per heavy atom. The fourth-order valence-electron chi connectivity index (χ4n) is 4.49. The average Bonchev–Trinajstić information content (AvgIpc) is 2.78. The number of carbonyl (C=O) groups is 3. The van der Waals surface area contributed by atoms with Crippen LogP contribution in [0.5, 0.6) is 0 Å². The molecule has 1 saturated heterocycles. The molecule has 202 valence electrons. The highest BCUT2D eigenvalue weighted by molar-refractivity contribution is 5.88. The van der Waals surface area contributed by atoms with Crippen LogP contribution in [0.2, 0.25) is 0 Å². The van der Waals surface area contributed by atoms with E-state index in [1.54, 1.807) is 4.90 Å². The molecule has 3 amide bonds. The van der Waals surface area contributed by atoms with E-state index in [0.29, 0.717) is 38.6 Å². The highest BCUT2D eigenvalue weighted by atomic mass is 16.6. The van der Waals surface area contributed by atoms with Gasteiger partial charge in [-0.2, -0.15) is 0 Å². The summed E-state index contributed by atoms with van der Waals surface area (Å²) in [6, 6.07) is -0.901. The van der Waals surface area contributed by atoms with Gasteiger partial charge in [0.2, 0.25) is 11.8 Å². The van der Waals surface area contributed by atoms with E-state index >= 15 is 0 Å². The molecule has 0 spiro atoms. The molecule has 0 radical (unpaired) electrons. The molecule has 2 atom stereocenters. The van der Waals surface area contributed by atoms with Crippen molar-refractivity contribution in [2.75, 3.05) is 32.9 Å². The van der Waals surface area contributed by atoms with Crippen LogP contribution in [-0.4, -0.2) is 79.0 Å². The van der Waals surface area contributed by atoms with Gasteiger partial charge in [-0.3, -0.25) is 9.59 Å². The molecule has 1 aliphatic heterocycles. The molecule has 0 aromatic heterocycles. The number of amides is 3. The van der Waals surface area contributed by atoms with Gasteiger partial charge in [0.15, 0.2) is 0 Å². The number of nitrogens with one attached hydrogen (secondary N) is 2. The Morgan fingerprint density at radius 3 is 2.14 bits per heavy atom. The van der Waals surface area contributed by atoms with Gasteiger partial charge in [0.25, 0.3) is 0 Å². The van der Waals surface area contributed by atoms with E-state index in [1.807, 2.05) is 41.5 Å². The van der Waals surface area contributed by atoms with Gasteiger partial charge in [-0.1, -0.05) is 19.3 Å². The summed E-state index contributed by atoms with van der Waals surface area (Å²) in [5, 5.41) is 5.91. The van der Waals surface area contributed by atoms with Crippen molar-refractivity contribution in [3.8, 4) is 0 Å². The zero-order chi connectivity index (χ0) is 26.1. The van der Waals surface area contributed by atoms with E-state index < -0.39 is 23.3 Å². The first-order valence-corrected chi connectivity index (χ1v) is 13.1. The second-order valence-corrected chi connectivity index (χ2v) is 11.7. The molecule has 2 N–H and O–H groups in total. The molecule has 9 heteroatoms. The number of rotatable bonds is 9. The van der Waals surface area contributed by atoms with Crippen LogP contribution in [0, 0.1) is 5.92 Å². The van der Waals surface area contributed by atoms with Crippen LogP contribution in [0.25, 0.3) is 0 Å². The summed E-state index contributed by atoms with van der Waals surface area (Å²) in [6.07, 6.45) is 5.77. The van der Waals surface area contributed by atoms with Crippen molar-refractivity contribution >= 4 is 17.9 Å². The van der Waals surface area contributed by atoms with E-state index in [-0.39, 0.29) is 30.9 Å². The molecular formula is C26H47N3O6. The van der Waals surface area contributed by atoms with Crippen molar-refractivity contribution in [1.29, 1.82) is 0 Å². The van der Waals surface area contributed by atoms with Gasteiger partial charge in [-0.15, -0.1) is 0 Å². The summed E-state index contributed by atoms with van der Waals surface area (Å²) in [6.45, 7) is 13.4. The van der Waals surface area contributed by atoms with Crippen molar-refractivity contribution in [2.45, 2.75) is 110 Å². The van der Waals surface area contributed by atoms with Gasteiger partial charge in [0, 0.05) is 25.6 Å². The smallest absolute Gasteiger partial charge is 0.407 e. The molecule has 35 heavy (non-hydrogen) atoms. The maximum absolute atomic E-state index is 13.1. The number of alkyl carbamates (subject to hydrolysis) is 1. The number of hydrogen-bond acceptors (Lipinski definition) is 6. The Morgan fingerprint density at radius 1 is 0.943 bits per heavy atom. The lowest BCUT2D eigenvalue weighted by Gasteiger charge is -2.33. The Kier molecular flexibility index (Phi) is 11.3. The van der Waals surface area contributed by atoms with E-state index in [1.165, 1.54) is 6.42 Å². The topological polar surface area (TPSA) is 106 Å². The highest BCUT2D eigenvalue weighted by Gasteiger charge is 2.31. The van der Waals surface area contributed by atoms with Crippen LogP contribution in [0.15, 0.2) is 0 Å². The van der Waals surface area contributed by atoms with Crippen LogP contribution in [0.4, 0.5) is 4.79 Å². The molecular weight excluding hydrogens is 450 g/mol. The molecule has 9 nitrogen and oxygen atoms in total. The van der Waals surface area contributed by atoms with Gasteiger partial charge in [0.1, 0.15) is 11.6 Å². The van der Waals surface area contributed by atoms with Crippen molar-refractivity contribution in [2.24, 2.45) is 5.92 Å². The number of carbonyl (C=O) groups excluding carboxylic acids is 3. The van der Waals surface area contributed by atoms with Crippen molar-refractivity contribution < 1.29 is 28.6 Å². The van der Waals surface area contributed by atoms with Gasteiger partial charge in [-0.25, -0.2) is 4.79 Å². The molecule has 1 saturated carbocycles. The quantitative estimate of drug-likeness (QED) is 0.506. The molecule has 2 aliphatic rings. The highest BCUT2D eigenvalue weighted by Crippen LogP contribution is 2.28. The number of morpholine rings is 1. The Hall–Kier alpha value is -1.87. The van der Waals surface area contributed by atoms with Crippen LogP contribution in [0.3, 0.4) is 0 Å². The maximum Gasteiger partial charge on any atom is 0.407 e. The van der Waals surface area contributed by atoms with Crippen molar-refractivity contribution in [3.63, 3.8) is 0 Å². The number of hydrogen-bond donors (Lipinski definition) is 2. The monoisotopic (exact) mass is 497 g/mol. The molecule has 1 aliphatic carbocycles. The van der Waals surface area contributed by atoms with Crippen molar-refractivity contribution in [3.05, 3.63) is 0 Å². The summed E-state index contributed by atoms with van der Waals surface area (Å²) in [5.41, 5.74) is -1.02. The van der Waals surface area contributed by atoms with Gasteiger partial charge in [-0.05, 0) is 66.7 Å². The number of nitrogens with zero attached hydrogens (tertiary/aromatic N) is 1. The van der Waals surface area contributed by atoms with Crippen LogP contribution >= 0.6 is 0 Å². The lowest BCUT2D eigenvalue weighted by molar-refractivity contribution is -0.143. The summed E-state index contributed by atoms with van der Waals surface area (Å²) in [4.78, 5) is 40.3. The summed E-state index contributed by atoms with van der Waals surface area (Å²) in [5.74, 6) is -0.0541. The van der Waals surface area contributed by atoms with E-state index in [4.69, 9.17) is 14.2 Å². The molecule has 1 unspecified atom stereocenters. The minimum absolute atomic E-state index is 0.105. The molecule has 0 aromatic rings. The first-order chi connectivity index (χ1) is 16.3. The molecule has 2 rings (SSSR count). The fourth-order valence-corrected chi connectivity index (χ4v) is 4.49. The third-order valence-electron chi connectivity index (χ3n) is 6.24. The van der Waals surface area contributed by atoms with Crippen LogP contribution < -0.4 is 10.6 Å². The van der Waals surface area contributed by atoms with E-state index in [9.17, 15) is 14.4 Å². The minimum Gasteiger partial charge on any atom is -0.444 e.